The first-order chi connectivity index (χ1) is 58.0. The van der Waals surface area contributed by atoms with Crippen molar-refractivity contribution in [2.24, 2.45) is 0 Å². The molecule has 4 heterocycles. The van der Waals surface area contributed by atoms with Crippen LogP contribution in [0.3, 0.4) is 0 Å². The van der Waals surface area contributed by atoms with Gasteiger partial charge >= 0.3 is 0 Å². The number of aromatic nitrogens is 4. The fourth-order valence-corrected chi connectivity index (χ4v) is 20.0. The Morgan fingerprint density at radius 3 is 0.831 bits per heavy atom. The second-order valence-corrected chi connectivity index (χ2v) is 33.1. The van der Waals surface area contributed by atoms with Gasteiger partial charge in [-0.1, -0.05) is 307 Å². The highest BCUT2D eigenvalue weighted by Crippen LogP contribution is 2.54. The van der Waals surface area contributed by atoms with Crippen LogP contribution in [0, 0.1) is 0 Å². The van der Waals surface area contributed by atoms with Crippen LogP contribution in [0.2, 0.25) is 0 Å². The average Bonchev–Trinajstić information content (AvgIpc) is 1.55. The summed E-state index contributed by atoms with van der Waals surface area (Å²) < 4.78 is 9.78. The highest BCUT2D eigenvalue weighted by atomic mass is 15.0. The van der Waals surface area contributed by atoms with E-state index in [1.165, 1.54) is 204 Å². The lowest BCUT2D eigenvalue weighted by atomic mass is 9.82. The average molecular weight is 1510 g/mol. The minimum atomic E-state index is -0.100. The lowest BCUT2D eigenvalue weighted by molar-refractivity contribution is 0.661. The standard InChI is InChI=1S/2C57H40N2/c1-57(2)51-22-11-9-20-45(51)47-36-56-50(35-52(47)57)49-34-42(27-31-55(49)59(56)44-19-13-18-40(32-44)38-16-7-4-8-17-38)41-26-30-54-48(33-41)46-21-10-12-23-53(46)58(54)43-28-24-39(25-29-43)37-14-5-3-6-15-37;1-57(2)51-22-11-9-20-45(51)47-35-50-49-34-42(27-31-55(49)59(56(50)36-52(47)57)44-19-13-18-40(32-44)38-16-7-4-8-17-38)41-26-30-54-48(33-41)46-21-10-12-23-53(46)58(54)43-28-24-39(25-29-43)37-14-5-3-6-15-37/h2*3-36H,1-2H3. The smallest absolute Gasteiger partial charge is 0.0547 e. The predicted molar refractivity (Wildman–Crippen MR) is 498 cm³/mol. The fraction of sp³-hybridized carbons (Fsp3) is 0.0526. The van der Waals surface area contributed by atoms with Crippen molar-refractivity contribution in [2.45, 2.75) is 38.5 Å². The van der Waals surface area contributed by atoms with Crippen molar-refractivity contribution in [1.82, 2.24) is 18.3 Å². The number of nitrogens with zero attached hydrogens (tertiary/aromatic N) is 4. The van der Waals surface area contributed by atoms with Crippen LogP contribution in [-0.4, -0.2) is 18.3 Å². The molecule has 24 rings (SSSR count). The molecule has 0 aliphatic heterocycles. The number of fused-ring (bicyclic) bond motifs is 18. The van der Waals surface area contributed by atoms with Crippen LogP contribution in [-0.2, 0) is 10.8 Å². The van der Waals surface area contributed by atoms with Crippen LogP contribution in [0.15, 0.2) is 413 Å². The number of para-hydroxylation sites is 2. The molecule has 0 bridgehead atoms. The maximum Gasteiger partial charge on any atom is 0.0547 e. The van der Waals surface area contributed by atoms with Crippen molar-refractivity contribution in [1.29, 1.82) is 0 Å². The normalized spacial score (nSPS) is 13.1. The third-order valence-electron chi connectivity index (χ3n) is 25.8. The highest BCUT2D eigenvalue weighted by molar-refractivity contribution is 6.17. The Hall–Kier alpha value is -14.8. The maximum absolute atomic E-state index is 2.49. The number of rotatable bonds is 10. The highest BCUT2D eigenvalue weighted by Gasteiger charge is 2.38. The van der Waals surface area contributed by atoms with Crippen molar-refractivity contribution in [3.63, 3.8) is 0 Å². The van der Waals surface area contributed by atoms with E-state index in [2.05, 4.69) is 458 Å². The van der Waals surface area contributed by atoms with Gasteiger partial charge in [-0.3, -0.25) is 0 Å². The summed E-state index contributed by atoms with van der Waals surface area (Å²) in [5.74, 6) is 0. The van der Waals surface area contributed by atoms with E-state index in [1.807, 2.05) is 0 Å². The van der Waals surface area contributed by atoms with Gasteiger partial charge in [-0.2, -0.15) is 0 Å². The van der Waals surface area contributed by atoms with Crippen molar-refractivity contribution < 1.29 is 0 Å². The quantitative estimate of drug-likeness (QED) is 0.130. The molecule has 2 aliphatic carbocycles. The van der Waals surface area contributed by atoms with Crippen LogP contribution in [0.4, 0.5) is 0 Å². The zero-order chi connectivity index (χ0) is 78.5. The SMILES string of the molecule is CC1(C)c2ccccc2-c2cc3c(cc21)c1cc(-c2ccc4c(c2)c2ccccc2n4-c2ccc(-c4ccccc4)cc2)ccc1n3-c1cccc(-c2ccccc2)c1.CC1(C)c2ccccc2-c2cc3c4cc(-c5ccc6c(c5)c5ccccc5n6-c5ccc(-c6ccccc6)cc5)ccc4n(-c4cccc(-c5ccccc5)c4)c3cc21. The van der Waals surface area contributed by atoms with Crippen molar-refractivity contribution in [3.05, 3.63) is 435 Å². The topological polar surface area (TPSA) is 19.7 Å². The molecular weight excluding hydrogens is 1430 g/mol. The maximum atomic E-state index is 2.49. The molecule has 0 amide bonds. The molecular formula is C114H80N4. The molecule has 0 radical (unpaired) electrons. The van der Waals surface area contributed by atoms with E-state index in [9.17, 15) is 0 Å². The van der Waals surface area contributed by atoms with Gasteiger partial charge in [0.2, 0.25) is 0 Å². The molecule has 18 aromatic carbocycles. The molecule has 0 N–H and O–H groups in total. The van der Waals surface area contributed by atoms with Crippen LogP contribution in [0.5, 0.6) is 0 Å². The molecule has 0 unspecified atom stereocenters. The molecule has 0 saturated carbocycles. The first-order valence-corrected chi connectivity index (χ1v) is 41.2. The van der Waals surface area contributed by atoms with E-state index in [4.69, 9.17) is 0 Å². The molecule has 0 atom stereocenters. The summed E-state index contributed by atoms with van der Waals surface area (Å²) in [7, 11) is 0. The van der Waals surface area contributed by atoms with Crippen molar-refractivity contribution >= 4 is 87.2 Å². The van der Waals surface area contributed by atoms with Crippen LogP contribution >= 0.6 is 0 Å². The molecule has 2 aliphatic rings. The van der Waals surface area contributed by atoms with E-state index < -0.39 is 0 Å². The predicted octanol–water partition coefficient (Wildman–Crippen LogP) is 30.4. The molecule has 22 aromatic rings. The summed E-state index contributed by atoms with van der Waals surface area (Å²) in [6.07, 6.45) is 0. The van der Waals surface area contributed by atoms with Gasteiger partial charge in [0.05, 0.1) is 44.1 Å². The summed E-state index contributed by atoms with van der Waals surface area (Å²) in [4.78, 5) is 0. The first-order valence-electron chi connectivity index (χ1n) is 41.2. The van der Waals surface area contributed by atoms with Gasteiger partial charge in [0.1, 0.15) is 0 Å². The van der Waals surface area contributed by atoms with E-state index >= 15 is 0 Å². The van der Waals surface area contributed by atoms with Crippen LogP contribution < -0.4 is 0 Å². The minimum absolute atomic E-state index is 0.0967. The summed E-state index contributed by atoms with van der Waals surface area (Å²) >= 11 is 0. The Bertz CT molecular complexity index is 7800. The van der Waals surface area contributed by atoms with Crippen molar-refractivity contribution in [2.75, 3.05) is 0 Å². The molecule has 4 heteroatoms. The molecule has 4 aromatic heterocycles. The molecule has 556 valence electrons. The second-order valence-electron chi connectivity index (χ2n) is 33.1. The van der Waals surface area contributed by atoms with E-state index in [0.717, 1.165) is 17.1 Å². The summed E-state index contributed by atoms with van der Waals surface area (Å²) in [6.45, 7) is 9.50. The Morgan fingerprint density at radius 2 is 0.415 bits per heavy atom. The molecule has 0 fully saturated rings. The zero-order valence-electron chi connectivity index (χ0n) is 66.0. The first kappa shape index (κ1) is 68.7. The van der Waals surface area contributed by atoms with Crippen molar-refractivity contribution in [3.8, 4) is 112 Å². The molecule has 4 nitrogen and oxygen atoms in total. The van der Waals surface area contributed by atoms with Gasteiger partial charge in [0, 0.05) is 76.7 Å². The van der Waals surface area contributed by atoms with Gasteiger partial charge in [0.15, 0.2) is 0 Å². The summed E-state index contributed by atoms with van der Waals surface area (Å²) in [5.41, 5.74) is 39.7. The fourth-order valence-electron chi connectivity index (χ4n) is 20.0. The zero-order valence-corrected chi connectivity index (χ0v) is 66.0. The molecule has 118 heavy (non-hydrogen) atoms. The summed E-state index contributed by atoms with van der Waals surface area (Å²) in [6, 6.07) is 152. The molecule has 0 saturated heterocycles. The third kappa shape index (κ3) is 10.9. The number of benzene rings is 18. The Balaban J connectivity index is 0.000000138. The Labute approximate surface area is 685 Å². The van der Waals surface area contributed by atoms with Crippen LogP contribution in [0.25, 0.3) is 199 Å². The monoisotopic (exact) mass is 1500 g/mol. The van der Waals surface area contributed by atoms with Gasteiger partial charge in [-0.15, -0.1) is 0 Å². The van der Waals surface area contributed by atoms with Gasteiger partial charge in [-0.25, -0.2) is 0 Å². The van der Waals surface area contributed by atoms with Gasteiger partial charge in [-0.05, 0) is 245 Å². The largest absolute Gasteiger partial charge is 0.309 e. The minimum Gasteiger partial charge on any atom is -0.309 e. The number of hydrogen-bond donors (Lipinski definition) is 0. The molecule has 0 spiro atoms. The van der Waals surface area contributed by atoms with E-state index in [1.54, 1.807) is 0 Å². The lowest BCUT2D eigenvalue weighted by Crippen LogP contribution is -2.14. The Morgan fingerprint density at radius 1 is 0.144 bits per heavy atom. The third-order valence-corrected chi connectivity index (χ3v) is 25.8. The van der Waals surface area contributed by atoms with Crippen LogP contribution in [0.1, 0.15) is 49.9 Å². The Kier molecular flexibility index (Phi) is 15.7. The lowest BCUT2D eigenvalue weighted by Gasteiger charge is -2.21. The second kappa shape index (κ2) is 26.9. The van der Waals surface area contributed by atoms with E-state index in [0.29, 0.717) is 0 Å². The van der Waals surface area contributed by atoms with E-state index in [-0.39, 0.29) is 10.8 Å². The van der Waals surface area contributed by atoms with Gasteiger partial charge < -0.3 is 18.3 Å². The van der Waals surface area contributed by atoms with Gasteiger partial charge in [0.25, 0.3) is 0 Å². The summed E-state index contributed by atoms with van der Waals surface area (Å²) in [5, 5.41) is 10.1. The number of hydrogen-bond acceptors (Lipinski definition) is 0.